The lowest BCUT2D eigenvalue weighted by Gasteiger charge is -2.07. The molecule has 0 aliphatic carbocycles. The summed E-state index contributed by atoms with van der Waals surface area (Å²) in [4.78, 5) is 20.9. The molecular weight excluding hydrogens is 210 g/mol. The van der Waals surface area contributed by atoms with Gasteiger partial charge in [0.15, 0.2) is 6.29 Å². The molecule has 0 aromatic heterocycles. The largest absolute Gasteiger partial charge is 0.478 e. The van der Waals surface area contributed by atoms with Gasteiger partial charge in [-0.15, -0.1) is 0 Å². The van der Waals surface area contributed by atoms with E-state index in [4.69, 9.17) is 5.11 Å². The Morgan fingerprint density at radius 3 is 2.60 bits per heavy atom. The van der Waals surface area contributed by atoms with Crippen LogP contribution in [0, 0.1) is 0 Å². The fraction of sp³-hybridized carbons (Fsp3) is 0.111. The van der Waals surface area contributed by atoms with Crippen LogP contribution in [0.4, 0.5) is 8.78 Å². The highest BCUT2D eigenvalue weighted by Gasteiger charge is 2.12. The van der Waals surface area contributed by atoms with Gasteiger partial charge in [-0.1, -0.05) is 0 Å². The lowest BCUT2D eigenvalue weighted by atomic mass is 10.1. The number of carboxylic acid groups (broad SMARTS) is 1. The molecule has 0 amide bonds. The smallest absolute Gasteiger partial charge is 0.387 e. The zero-order chi connectivity index (χ0) is 11.4. The van der Waals surface area contributed by atoms with Gasteiger partial charge in [0.2, 0.25) is 0 Å². The SMILES string of the molecule is O=Cc1ccc(C(=O)O)cc1OC(F)F. The van der Waals surface area contributed by atoms with Crippen LogP contribution in [0.15, 0.2) is 18.2 Å². The van der Waals surface area contributed by atoms with Crippen LogP contribution in [0.1, 0.15) is 20.7 Å². The first-order valence-corrected chi connectivity index (χ1v) is 3.82. The zero-order valence-electron chi connectivity index (χ0n) is 7.31. The molecule has 1 aromatic rings. The van der Waals surface area contributed by atoms with Crippen molar-refractivity contribution in [2.75, 3.05) is 0 Å². The molecule has 1 rings (SSSR count). The number of carboxylic acids is 1. The second-order valence-electron chi connectivity index (χ2n) is 2.55. The number of carbonyl (C=O) groups is 2. The third kappa shape index (κ3) is 2.73. The molecule has 15 heavy (non-hydrogen) atoms. The Morgan fingerprint density at radius 2 is 2.13 bits per heavy atom. The van der Waals surface area contributed by atoms with Gasteiger partial charge in [-0.05, 0) is 18.2 Å². The van der Waals surface area contributed by atoms with E-state index in [1.54, 1.807) is 0 Å². The Morgan fingerprint density at radius 1 is 1.47 bits per heavy atom. The van der Waals surface area contributed by atoms with Crippen LogP contribution in [-0.4, -0.2) is 24.0 Å². The molecule has 0 unspecified atom stereocenters. The topological polar surface area (TPSA) is 63.6 Å². The number of aromatic carboxylic acids is 1. The van der Waals surface area contributed by atoms with Crippen molar-refractivity contribution in [3.8, 4) is 5.75 Å². The standard InChI is InChI=1S/C9H6F2O4/c10-9(11)15-7-3-5(8(13)14)1-2-6(7)4-12/h1-4,9H,(H,13,14). The maximum Gasteiger partial charge on any atom is 0.387 e. The van der Waals surface area contributed by atoms with Gasteiger partial charge in [-0.2, -0.15) is 8.78 Å². The monoisotopic (exact) mass is 216 g/mol. The lowest BCUT2D eigenvalue weighted by molar-refractivity contribution is -0.0501. The number of ether oxygens (including phenoxy) is 1. The average Bonchev–Trinajstić information content (AvgIpc) is 2.16. The number of aldehydes is 1. The van der Waals surface area contributed by atoms with Crippen molar-refractivity contribution >= 4 is 12.3 Å². The van der Waals surface area contributed by atoms with Crippen molar-refractivity contribution in [1.82, 2.24) is 0 Å². The molecule has 0 aliphatic heterocycles. The van der Waals surface area contributed by atoms with Crippen LogP contribution in [0.3, 0.4) is 0 Å². The summed E-state index contributed by atoms with van der Waals surface area (Å²) in [5.41, 5.74) is -0.350. The van der Waals surface area contributed by atoms with Crippen molar-refractivity contribution < 1.29 is 28.2 Å². The quantitative estimate of drug-likeness (QED) is 0.779. The minimum Gasteiger partial charge on any atom is -0.478 e. The van der Waals surface area contributed by atoms with Crippen LogP contribution in [0.2, 0.25) is 0 Å². The molecule has 0 atom stereocenters. The van der Waals surface area contributed by atoms with Gasteiger partial charge in [-0.3, -0.25) is 4.79 Å². The highest BCUT2D eigenvalue weighted by molar-refractivity contribution is 5.90. The summed E-state index contributed by atoms with van der Waals surface area (Å²) < 4.78 is 27.8. The van der Waals surface area contributed by atoms with E-state index in [2.05, 4.69) is 4.74 Å². The maximum atomic E-state index is 11.9. The van der Waals surface area contributed by atoms with Crippen molar-refractivity contribution in [3.63, 3.8) is 0 Å². The summed E-state index contributed by atoms with van der Waals surface area (Å²) in [5, 5.41) is 8.58. The van der Waals surface area contributed by atoms with Crippen molar-refractivity contribution in [2.45, 2.75) is 6.61 Å². The number of hydrogen-bond acceptors (Lipinski definition) is 3. The molecular formula is C9H6F2O4. The predicted octanol–water partition coefficient (Wildman–Crippen LogP) is 1.80. The number of hydrogen-bond donors (Lipinski definition) is 1. The summed E-state index contributed by atoms with van der Waals surface area (Å²) in [7, 11) is 0. The number of alkyl halides is 2. The molecule has 0 saturated heterocycles. The third-order valence-corrected chi connectivity index (χ3v) is 1.60. The van der Waals surface area contributed by atoms with Crippen LogP contribution in [-0.2, 0) is 0 Å². The molecule has 0 fully saturated rings. The third-order valence-electron chi connectivity index (χ3n) is 1.60. The van der Waals surface area contributed by atoms with Gasteiger partial charge in [-0.25, -0.2) is 4.79 Å². The van der Waals surface area contributed by atoms with E-state index >= 15 is 0 Å². The first kappa shape index (κ1) is 11.1. The summed E-state index contributed by atoms with van der Waals surface area (Å²) in [6.45, 7) is -3.10. The van der Waals surface area contributed by atoms with E-state index in [1.165, 1.54) is 0 Å². The van der Waals surface area contributed by atoms with E-state index in [0.717, 1.165) is 18.2 Å². The van der Waals surface area contributed by atoms with Crippen LogP contribution in [0.25, 0.3) is 0 Å². The van der Waals surface area contributed by atoms with Crippen LogP contribution < -0.4 is 4.74 Å². The molecule has 0 saturated carbocycles. The van der Waals surface area contributed by atoms with Gasteiger partial charge < -0.3 is 9.84 Å². The predicted molar refractivity (Wildman–Crippen MR) is 45.4 cm³/mol. The first-order valence-electron chi connectivity index (χ1n) is 3.82. The maximum absolute atomic E-state index is 11.9. The van der Waals surface area contributed by atoms with E-state index in [9.17, 15) is 18.4 Å². The summed E-state index contributed by atoms with van der Waals surface area (Å²) >= 11 is 0. The molecule has 0 radical (unpaired) electrons. The molecule has 0 bridgehead atoms. The van der Waals surface area contributed by atoms with Crippen LogP contribution >= 0.6 is 0 Å². The Balaban J connectivity index is 3.12. The number of rotatable bonds is 4. The second-order valence-corrected chi connectivity index (χ2v) is 2.55. The average molecular weight is 216 g/mol. The highest BCUT2D eigenvalue weighted by atomic mass is 19.3. The zero-order valence-corrected chi connectivity index (χ0v) is 7.31. The van der Waals surface area contributed by atoms with Crippen LogP contribution in [0.5, 0.6) is 5.75 Å². The molecule has 1 N–H and O–H groups in total. The summed E-state index contributed by atoms with van der Waals surface area (Å²) in [5.74, 6) is -1.73. The summed E-state index contributed by atoms with van der Waals surface area (Å²) in [6.07, 6.45) is 0.309. The molecule has 0 aliphatic rings. The number of benzene rings is 1. The van der Waals surface area contributed by atoms with Gasteiger partial charge in [0.1, 0.15) is 5.75 Å². The van der Waals surface area contributed by atoms with Crippen molar-refractivity contribution in [2.24, 2.45) is 0 Å². The molecule has 0 heterocycles. The molecule has 6 heteroatoms. The van der Waals surface area contributed by atoms with Gasteiger partial charge in [0.25, 0.3) is 0 Å². The Labute approximate surface area is 83.1 Å². The number of carbonyl (C=O) groups excluding carboxylic acids is 1. The van der Waals surface area contributed by atoms with Crippen molar-refractivity contribution in [3.05, 3.63) is 29.3 Å². The van der Waals surface area contributed by atoms with Gasteiger partial charge >= 0.3 is 12.6 Å². The Bertz CT molecular complexity index is 390. The van der Waals surface area contributed by atoms with E-state index in [-0.39, 0.29) is 11.1 Å². The molecule has 0 spiro atoms. The Kier molecular flexibility index (Phi) is 3.33. The minimum atomic E-state index is -3.10. The van der Waals surface area contributed by atoms with Gasteiger partial charge in [0, 0.05) is 0 Å². The normalized spacial score (nSPS) is 10.1. The highest BCUT2D eigenvalue weighted by Crippen LogP contribution is 2.21. The summed E-state index contributed by atoms with van der Waals surface area (Å²) in [6, 6.07) is 3.11. The Hall–Kier alpha value is -1.98. The first-order chi connectivity index (χ1) is 7.04. The van der Waals surface area contributed by atoms with E-state index in [1.807, 2.05) is 0 Å². The fourth-order valence-corrected chi connectivity index (χ4v) is 0.963. The lowest BCUT2D eigenvalue weighted by Crippen LogP contribution is -2.06. The van der Waals surface area contributed by atoms with E-state index in [0.29, 0.717) is 6.29 Å². The minimum absolute atomic E-state index is 0.125. The molecule has 1 aromatic carbocycles. The molecule has 80 valence electrons. The number of halogens is 2. The fourth-order valence-electron chi connectivity index (χ4n) is 0.963. The second kappa shape index (κ2) is 4.50. The van der Waals surface area contributed by atoms with Gasteiger partial charge in [0.05, 0.1) is 11.1 Å². The van der Waals surface area contributed by atoms with E-state index < -0.39 is 18.3 Å². The molecule has 4 nitrogen and oxygen atoms in total. The van der Waals surface area contributed by atoms with Crippen molar-refractivity contribution in [1.29, 1.82) is 0 Å².